The molecule has 2 N–H and O–H groups in total. The number of nitrogens with one attached hydrogen (secondary N) is 2. The molecule has 0 aliphatic rings. The number of hydrogen-bond acceptors (Lipinski definition) is 5. The Morgan fingerprint density at radius 2 is 2.10 bits per heavy atom. The van der Waals surface area contributed by atoms with E-state index in [0.717, 1.165) is 11.1 Å². The number of hydrazine groups is 1. The van der Waals surface area contributed by atoms with Crippen molar-refractivity contribution in [2.45, 2.75) is 6.92 Å². The lowest BCUT2D eigenvalue weighted by molar-refractivity contribution is 0.770. The Balaban J connectivity index is 2.45. The topological polar surface area (TPSA) is 71.8 Å². The van der Waals surface area contributed by atoms with Crippen molar-refractivity contribution in [3.8, 4) is 23.7 Å². The average molecular weight is 269 g/mol. The summed E-state index contributed by atoms with van der Waals surface area (Å²) < 4.78 is 1.41. The fraction of sp³-hybridized carbons (Fsp3) is 0.214. The number of hydrogen-bond donors (Lipinski definition) is 2. The largest absolute Gasteiger partial charge is 0.352 e. The van der Waals surface area contributed by atoms with Crippen molar-refractivity contribution in [1.29, 1.82) is 0 Å². The highest BCUT2D eigenvalue weighted by Gasteiger charge is 2.10. The second-order valence-corrected chi connectivity index (χ2v) is 4.21. The van der Waals surface area contributed by atoms with Crippen LogP contribution in [0.4, 0.5) is 5.95 Å². The third kappa shape index (κ3) is 2.84. The third-order valence-corrected chi connectivity index (χ3v) is 2.79. The summed E-state index contributed by atoms with van der Waals surface area (Å²) in [5.74, 6) is 3.15. The van der Waals surface area contributed by atoms with Crippen LogP contribution in [0.1, 0.15) is 5.56 Å². The number of aryl methyl sites for hydroxylation is 1. The molecule has 2 rings (SSSR count). The van der Waals surface area contributed by atoms with Gasteiger partial charge in [-0.15, -0.1) is 6.42 Å². The maximum Gasteiger partial charge on any atom is 0.352 e. The van der Waals surface area contributed by atoms with Gasteiger partial charge in [0.2, 0.25) is 5.95 Å². The smallest absolute Gasteiger partial charge is 0.289 e. The van der Waals surface area contributed by atoms with Crippen LogP contribution in [-0.2, 0) is 7.05 Å². The van der Waals surface area contributed by atoms with Crippen LogP contribution >= 0.6 is 0 Å². The second kappa shape index (κ2) is 5.99. The maximum atomic E-state index is 11.9. The van der Waals surface area contributed by atoms with Gasteiger partial charge >= 0.3 is 5.69 Å². The molecule has 0 bridgehead atoms. The lowest BCUT2D eigenvalue weighted by Gasteiger charge is -2.11. The van der Waals surface area contributed by atoms with Crippen LogP contribution in [0.5, 0.6) is 0 Å². The highest BCUT2D eigenvalue weighted by atomic mass is 16.1. The predicted molar refractivity (Wildman–Crippen MR) is 77.9 cm³/mol. The monoisotopic (exact) mass is 269 g/mol. The molecule has 0 saturated carbocycles. The fourth-order valence-electron chi connectivity index (χ4n) is 1.75. The number of aromatic nitrogens is 3. The van der Waals surface area contributed by atoms with Gasteiger partial charge in [0.25, 0.3) is 0 Å². The lowest BCUT2D eigenvalue weighted by Crippen LogP contribution is -2.29. The minimum Gasteiger partial charge on any atom is -0.289 e. The molecule has 6 nitrogen and oxygen atoms in total. The Labute approximate surface area is 116 Å². The van der Waals surface area contributed by atoms with Gasteiger partial charge in [-0.3, -0.25) is 9.99 Å². The van der Waals surface area contributed by atoms with Crippen molar-refractivity contribution >= 4 is 5.95 Å². The van der Waals surface area contributed by atoms with Gasteiger partial charge in [0.15, 0.2) is 0 Å². The van der Waals surface area contributed by atoms with Gasteiger partial charge in [0, 0.05) is 12.6 Å². The van der Waals surface area contributed by atoms with E-state index in [1.807, 2.05) is 31.2 Å². The Bertz CT molecular complexity index is 714. The molecule has 1 aromatic heterocycles. The molecule has 0 aliphatic carbocycles. The third-order valence-electron chi connectivity index (χ3n) is 2.79. The van der Waals surface area contributed by atoms with Crippen LogP contribution in [0.25, 0.3) is 11.4 Å². The van der Waals surface area contributed by atoms with Crippen molar-refractivity contribution in [2.24, 2.45) is 7.05 Å². The number of rotatable bonds is 4. The molecule has 1 aromatic carbocycles. The molecular weight excluding hydrogens is 254 g/mol. The first-order valence-corrected chi connectivity index (χ1v) is 6.07. The number of nitrogens with zero attached hydrogens (tertiary/aromatic N) is 3. The normalized spacial score (nSPS) is 10.1. The molecule has 0 saturated heterocycles. The van der Waals surface area contributed by atoms with Crippen LogP contribution in [0, 0.1) is 19.3 Å². The van der Waals surface area contributed by atoms with E-state index in [1.165, 1.54) is 4.57 Å². The molecule has 0 unspecified atom stereocenters. The predicted octanol–water partition coefficient (Wildman–Crippen LogP) is 0.700. The molecule has 1 heterocycles. The molecule has 0 fully saturated rings. The summed E-state index contributed by atoms with van der Waals surface area (Å²) in [5.41, 5.74) is 6.98. The van der Waals surface area contributed by atoms with Gasteiger partial charge in [-0.05, 0) is 12.5 Å². The summed E-state index contributed by atoms with van der Waals surface area (Å²) in [5, 5.41) is 0. The van der Waals surface area contributed by atoms with E-state index in [2.05, 4.69) is 26.7 Å². The molecule has 0 radical (unpaired) electrons. The van der Waals surface area contributed by atoms with Crippen molar-refractivity contribution < 1.29 is 0 Å². The molecule has 0 spiro atoms. The highest BCUT2D eigenvalue weighted by Crippen LogP contribution is 2.19. The summed E-state index contributed by atoms with van der Waals surface area (Å²) in [4.78, 5) is 20.0. The average Bonchev–Trinajstić information content (AvgIpc) is 2.44. The minimum absolute atomic E-state index is 0.196. The first kappa shape index (κ1) is 13.8. The van der Waals surface area contributed by atoms with E-state index in [9.17, 15) is 4.79 Å². The second-order valence-electron chi connectivity index (χ2n) is 4.21. The van der Waals surface area contributed by atoms with Gasteiger partial charge < -0.3 is 0 Å². The summed E-state index contributed by atoms with van der Waals surface area (Å²) in [6.45, 7) is 2.27. The number of benzene rings is 1. The van der Waals surface area contributed by atoms with Crippen LogP contribution in [0.15, 0.2) is 29.1 Å². The van der Waals surface area contributed by atoms with E-state index < -0.39 is 0 Å². The van der Waals surface area contributed by atoms with E-state index >= 15 is 0 Å². The van der Waals surface area contributed by atoms with E-state index in [0.29, 0.717) is 12.4 Å². The fourth-order valence-corrected chi connectivity index (χ4v) is 1.75. The standard InChI is InChI=1S/C14H15N5O/c1-4-9-15-18-13-16-12(19(3)14(20)17-13)11-8-6-5-7-10(11)2/h1,5-8,15H,9H2,2-3H3,(H,17,18,20). The first-order chi connectivity index (χ1) is 9.63. The Kier molecular flexibility index (Phi) is 4.13. The molecule has 20 heavy (non-hydrogen) atoms. The van der Waals surface area contributed by atoms with Gasteiger partial charge in [-0.25, -0.2) is 10.2 Å². The van der Waals surface area contributed by atoms with E-state index in [-0.39, 0.29) is 11.6 Å². The van der Waals surface area contributed by atoms with Crippen molar-refractivity contribution in [3.05, 3.63) is 40.3 Å². The SMILES string of the molecule is C#CCNNc1nc(-c2ccccc2C)n(C)c(=O)n1. The van der Waals surface area contributed by atoms with Crippen LogP contribution in [0.3, 0.4) is 0 Å². The van der Waals surface area contributed by atoms with Gasteiger partial charge in [-0.2, -0.15) is 9.97 Å². The quantitative estimate of drug-likeness (QED) is 0.486. The summed E-state index contributed by atoms with van der Waals surface area (Å²) >= 11 is 0. The van der Waals surface area contributed by atoms with Crippen molar-refractivity contribution in [1.82, 2.24) is 20.0 Å². The zero-order valence-electron chi connectivity index (χ0n) is 11.3. The Morgan fingerprint density at radius 1 is 1.35 bits per heavy atom. The van der Waals surface area contributed by atoms with Gasteiger partial charge in [0.05, 0.1) is 6.54 Å². The van der Waals surface area contributed by atoms with Crippen molar-refractivity contribution in [3.63, 3.8) is 0 Å². The number of anilines is 1. The summed E-state index contributed by atoms with van der Waals surface area (Å²) in [6, 6.07) is 7.71. The van der Waals surface area contributed by atoms with E-state index in [4.69, 9.17) is 6.42 Å². The first-order valence-electron chi connectivity index (χ1n) is 6.07. The molecular formula is C14H15N5O. The van der Waals surface area contributed by atoms with Crippen molar-refractivity contribution in [2.75, 3.05) is 12.0 Å². The Morgan fingerprint density at radius 3 is 2.80 bits per heavy atom. The zero-order valence-corrected chi connectivity index (χ0v) is 11.3. The molecule has 0 aliphatic heterocycles. The van der Waals surface area contributed by atoms with Crippen LogP contribution in [0.2, 0.25) is 0 Å². The molecule has 102 valence electrons. The van der Waals surface area contributed by atoms with Gasteiger partial charge in [-0.1, -0.05) is 30.2 Å². The Hall–Kier alpha value is -2.65. The highest BCUT2D eigenvalue weighted by molar-refractivity contribution is 5.60. The maximum absolute atomic E-state index is 11.9. The van der Waals surface area contributed by atoms with Crippen LogP contribution in [-0.4, -0.2) is 21.1 Å². The summed E-state index contributed by atoms with van der Waals surface area (Å²) in [6.07, 6.45) is 5.13. The van der Waals surface area contributed by atoms with Crippen LogP contribution < -0.4 is 16.5 Å². The molecule has 2 aromatic rings. The minimum atomic E-state index is -0.386. The molecule has 6 heteroatoms. The molecule has 0 atom stereocenters. The lowest BCUT2D eigenvalue weighted by atomic mass is 10.1. The zero-order chi connectivity index (χ0) is 14.5. The van der Waals surface area contributed by atoms with E-state index in [1.54, 1.807) is 7.05 Å². The summed E-state index contributed by atoms with van der Waals surface area (Å²) in [7, 11) is 1.64. The van der Waals surface area contributed by atoms with Gasteiger partial charge in [0.1, 0.15) is 5.82 Å². The molecule has 0 amide bonds. The number of terminal acetylenes is 1.